The number of non-ortho nitro benzene ring substituents is 1. The van der Waals surface area contributed by atoms with Gasteiger partial charge < -0.3 is 9.84 Å². The van der Waals surface area contributed by atoms with Crippen molar-refractivity contribution in [3.05, 3.63) is 39.7 Å². The van der Waals surface area contributed by atoms with E-state index in [2.05, 4.69) is 0 Å². The van der Waals surface area contributed by atoms with Crippen LogP contribution >= 0.6 is 0 Å². The Morgan fingerprint density at radius 2 is 2.07 bits per heavy atom. The lowest BCUT2D eigenvalue weighted by atomic mass is 9.91. The van der Waals surface area contributed by atoms with E-state index in [0.29, 0.717) is 44.5 Å². The summed E-state index contributed by atoms with van der Waals surface area (Å²) in [5.74, 6) is -1.04. The van der Waals surface area contributed by atoms with Gasteiger partial charge in [0.2, 0.25) is 0 Å². The number of nitro benzene ring substituents is 1. The molecule has 0 bridgehead atoms. The van der Waals surface area contributed by atoms with Gasteiger partial charge in [0, 0.05) is 24.7 Å². The number of aliphatic hydroxyl groups is 1. The van der Waals surface area contributed by atoms with Gasteiger partial charge in [-0.25, -0.2) is 4.39 Å². The van der Waals surface area contributed by atoms with Crippen molar-refractivity contribution in [3.8, 4) is 0 Å². The Morgan fingerprint density at radius 3 is 2.67 bits per heavy atom. The van der Waals surface area contributed by atoms with Crippen molar-refractivity contribution in [2.75, 3.05) is 13.1 Å². The van der Waals surface area contributed by atoms with Crippen LogP contribution in [0, 0.1) is 15.9 Å². The van der Waals surface area contributed by atoms with Crippen LogP contribution in [-0.2, 0) is 16.1 Å². The first-order valence-corrected chi connectivity index (χ1v) is 9.07. The van der Waals surface area contributed by atoms with Gasteiger partial charge in [-0.3, -0.25) is 19.8 Å². The summed E-state index contributed by atoms with van der Waals surface area (Å²) in [6.07, 6.45) is 1.43. The second-order valence-electron chi connectivity index (χ2n) is 8.15. The molecular weight excluding hydrogens is 355 g/mol. The second-order valence-corrected chi connectivity index (χ2v) is 8.15. The molecular formula is C19H27FN2O5. The highest BCUT2D eigenvalue weighted by Crippen LogP contribution is 2.28. The number of nitrogens with zero attached hydrogens (tertiary/aromatic N) is 2. The summed E-state index contributed by atoms with van der Waals surface area (Å²) in [5.41, 5.74) is -1.64. The van der Waals surface area contributed by atoms with E-state index in [-0.39, 0.29) is 12.1 Å². The average molecular weight is 382 g/mol. The molecule has 1 unspecified atom stereocenters. The molecule has 1 aromatic rings. The van der Waals surface area contributed by atoms with Crippen molar-refractivity contribution in [1.29, 1.82) is 0 Å². The average Bonchev–Trinajstić information content (AvgIpc) is 2.69. The van der Waals surface area contributed by atoms with Crippen LogP contribution < -0.4 is 0 Å². The van der Waals surface area contributed by atoms with Crippen molar-refractivity contribution >= 4 is 11.7 Å². The van der Waals surface area contributed by atoms with Crippen LogP contribution in [0.2, 0.25) is 0 Å². The normalized spacial score (nSPS) is 21.5. The third-order valence-corrected chi connectivity index (χ3v) is 4.54. The highest BCUT2D eigenvalue weighted by atomic mass is 19.1. The molecule has 1 fully saturated rings. The zero-order chi connectivity index (χ0) is 20.2. The number of hydrogen-bond acceptors (Lipinski definition) is 6. The van der Waals surface area contributed by atoms with Crippen LogP contribution in [0.4, 0.5) is 10.1 Å². The lowest BCUT2D eigenvalue weighted by Gasteiger charge is -2.28. The molecule has 2 rings (SSSR count). The molecule has 0 aromatic heterocycles. The first-order valence-electron chi connectivity index (χ1n) is 9.07. The molecule has 1 aromatic carbocycles. The third kappa shape index (κ3) is 6.55. The van der Waals surface area contributed by atoms with Gasteiger partial charge in [-0.1, -0.05) is 0 Å². The topological polar surface area (TPSA) is 92.9 Å². The Hall–Kier alpha value is -2.06. The fourth-order valence-electron chi connectivity index (χ4n) is 3.23. The molecule has 0 aliphatic carbocycles. The van der Waals surface area contributed by atoms with Crippen molar-refractivity contribution in [2.45, 2.75) is 64.2 Å². The molecule has 0 amide bonds. The molecule has 7 nitrogen and oxygen atoms in total. The van der Waals surface area contributed by atoms with Crippen LogP contribution in [0.5, 0.6) is 0 Å². The molecule has 1 heterocycles. The van der Waals surface area contributed by atoms with E-state index in [1.807, 2.05) is 4.90 Å². The number of carbonyl (C=O) groups excluding carboxylic acids is 1. The molecule has 27 heavy (non-hydrogen) atoms. The summed E-state index contributed by atoms with van der Waals surface area (Å²) in [4.78, 5) is 24.1. The zero-order valence-corrected chi connectivity index (χ0v) is 16.0. The van der Waals surface area contributed by atoms with Gasteiger partial charge in [0.05, 0.1) is 23.0 Å². The predicted octanol–water partition coefficient (Wildman–Crippen LogP) is 3.18. The SMILES string of the molecule is CC(C)(C)OC(=O)CC1(O)CCCN(Cc2ccc([N+](=O)[O-])cc2F)CC1. The van der Waals surface area contributed by atoms with Gasteiger partial charge in [-0.05, 0) is 52.6 Å². The fraction of sp³-hybridized carbons (Fsp3) is 0.632. The largest absolute Gasteiger partial charge is 0.460 e. The highest BCUT2D eigenvalue weighted by Gasteiger charge is 2.34. The summed E-state index contributed by atoms with van der Waals surface area (Å²) >= 11 is 0. The van der Waals surface area contributed by atoms with Crippen LogP contribution in [-0.4, -0.2) is 45.2 Å². The molecule has 0 radical (unpaired) electrons. The molecule has 150 valence electrons. The molecule has 1 aliphatic heterocycles. The smallest absolute Gasteiger partial charge is 0.309 e. The molecule has 1 N–H and O–H groups in total. The Kier molecular flexibility index (Phi) is 6.54. The molecule has 0 spiro atoms. The first kappa shape index (κ1) is 21.2. The Morgan fingerprint density at radius 1 is 1.37 bits per heavy atom. The maximum absolute atomic E-state index is 14.1. The number of benzene rings is 1. The predicted molar refractivity (Wildman–Crippen MR) is 97.6 cm³/mol. The molecule has 1 atom stereocenters. The van der Waals surface area contributed by atoms with Gasteiger partial charge in [0.1, 0.15) is 11.4 Å². The number of halogens is 1. The standard InChI is InChI=1S/C19H27FN2O5/c1-18(2,3)27-17(23)12-19(24)7-4-9-21(10-8-19)13-14-5-6-15(22(25)26)11-16(14)20/h5-6,11,24H,4,7-10,12-13H2,1-3H3. The Balaban J connectivity index is 1.96. The van der Waals surface area contributed by atoms with Gasteiger partial charge in [-0.2, -0.15) is 0 Å². The molecule has 1 saturated heterocycles. The second kappa shape index (κ2) is 8.31. The quantitative estimate of drug-likeness (QED) is 0.478. The van der Waals surface area contributed by atoms with Crippen LogP contribution in [0.15, 0.2) is 18.2 Å². The van der Waals surface area contributed by atoms with E-state index in [4.69, 9.17) is 4.74 Å². The lowest BCUT2D eigenvalue weighted by Crippen LogP contribution is -2.36. The number of rotatable bonds is 5. The molecule has 1 aliphatic rings. The Bertz CT molecular complexity index is 704. The number of esters is 1. The summed E-state index contributed by atoms with van der Waals surface area (Å²) < 4.78 is 19.4. The summed E-state index contributed by atoms with van der Waals surface area (Å²) in [6.45, 7) is 6.78. The number of nitro groups is 1. The maximum atomic E-state index is 14.1. The maximum Gasteiger partial charge on any atom is 0.309 e. The first-order chi connectivity index (χ1) is 12.5. The van der Waals surface area contributed by atoms with Gasteiger partial charge in [0.25, 0.3) is 5.69 Å². The highest BCUT2D eigenvalue weighted by molar-refractivity contribution is 5.71. The molecule has 8 heteroatoms. The van der Waals surface area contributed by atoms with Crippen molar-refractivity contribution < 1.29 is 24.0 Å². The van der Waals surface area contributed by atoms with E-state index in [9.17, 15) is 24.4 Å². The van der Waals surface area contributed by atoms with Crippen molar-refractivity contribution in [1.82, 2.24) is 4.90 Å². The molecule has 0 saturated carbocycles. The van der Waals surface area contributed by atoms with Crippen LogP contribution in [0.1, 0.15) is 52.0 Å². The zero-order valence-electron chi connectivity index (χ0n) is 16.0. The van der Waals surface area contributed by atoms with E-state index in [1.54, 1.807) is 20.8 Å². The summed E-state index contributed by atoms with van der Waals surface area (Å²) in [7, 11) is 0. The van der Waals surface area contributed by atoms with Crippen molar-refractivity contribution in [2.24, 2.45) is 0 Å². The fourth-order valence-corrected chi connectivity index (χ4v) is 3.23. The van der Waals surface area contributed by atoms with Gasteiger partial charge >= 0.3 is 5.97 Å². The van der Waals surface area contributed by atoms with Crippen LogP contribution in [0.3, 0.4) is 0 Å². The van der Waals surface area contributed by atoms with Gasteiger partial charge in [0.15, 0.2) is 0 Å². The number of hydrogen-bond donors (Lipinski definition) is 1. The lowest BCUT2D eigenvalue weighted by molar-refractivity contribution is -0.385. The van der Waals surface area contributed by atoms with E-state index in [1.165, 1.54) is 12.1 Å². The van der Waals surface area contributed by atoms with Crippen molar-refractivity contribution in [3.63, 3.8) is 0 Å². The number of likely N-dealkylation sites (tertiary alicyclic amines) is 1. The Labute approximate surface area is 158 Å². The minimum Gasteiger partial charge on any atom is -0.460 e. The summed E-state index contributed by atoms with van der Waals surface area (Å²) in [6, 6.07) is 3.63. The van der Waals surface area contributed by atoms with Crippen LogP contribution in [0.25, 0.3) is 0 Å². The monoisotopic (exact) mass is 382 g/mol. The van der Waals surface area contributed by atoms with E-state index < -0.39 is 27.9 Å². The number of ether oxygens (including phenoxy) is 1. The minimum absolute atomic E-state index is 0.0655. The van der Waals surface area contributed by atoms with Gasteiger partial charge in [-0.15, -0.1) is 0 Å². The van der Waals surface area contributed by atoms with E-state index >= 15 is 0 Å². The summed E-state index contributed by atoms with van der Waals surface area (Å²) in [5, 5.41) is 21.5. The third-order valence-electron chi connectivity index (χ3n) is 4.54. The van der Waals surface area contributed by atoms with E-state index in [0.717, 1.165) is 6.07 Å². The number of carbonyl (C=O) groups is 1. The minimum atomic E-state index is -1.13.